The van der Waals surface area contributed by atoms with Gasteiger partial charge in [0.05, 0.1) is 15.7 Å². The average Bonchev–Trinajstić information content (AvgIpc) is 3.10. The van der Waals surface area contributed by atoms with E-state index in [9.17, 15) is 0 Å². The highest BCUT2D eigenvalue weighted by Gasteiger charge is 2.21. The van der Waals surface area contributed by atoms with E-state index in [4.69, 9.17) is 23.2 Å². The van der Waals surface area contributed by atoms with Crippen molar-refractivity contribution in [2.24, 2.45) is 0 Å². The third kappa shape index (κ3) is 3.22. The minimum atomic E-state index is 0.586. The van der Waals surface area contributed by atoms with Gasteiger partial charge in [-0.05, 0) is 19.1 Å². The third-order valence-electron chi connectivity index (χ3n) is 4.59. The molecule has 0 radical (unpaired) electrons. The van der Waals surface area contributed by atoms with Gasteiger partial charge in [-0.25, -0.2) is 15.0 Å². The molecule has 3 heterocycles. The van der Waals surface area contributed by atoms with E-state index in [-0.39, 0.29) is 0 Å². The number of halogens is 2. The lowest BCUT2D eigenvalue weighted by Crippen LogP contribution is -2.47. The molecule has 0 N–H and O–H groups in total. The molecule has 0 unspecified atom stereocenters. The fourth-order valence-corrected chi connectivity index (χ4v) is 3.59. The summed E-state index contributed by atoms with van der Waals surface area (Å²) < 4.78 is 1.95. The average molecular weight is 389 g/mol. The molecule has 0 aliphatic carbocycles. The SMILES string of the molecule is Cc1nccn1-c1cc(N2CCN(c3cccc(Cl)c3Cl)CC2)ncn1. The Morgan fingerprint density at radius 1 is 0.923 bits per heavy atom. The van der Waals surface area contributed by atoms with Crippen molar-refractivity contribution in [2.45, 2.75) is 6.92 Å². The quantitative estimate of drug-likeness (QED) is 0.685. The second kappa shape index (κ2) is 7.13. The van der Waals surface area contributed by atoms with Crippen LogP contribution in [0.25, 0.3) is 5.82 Å². The van der Waals surface area contributed by atoms with E-state index in [1.54, 1.807) is 12.5 Å². The number of rotatable bonds is 3. The van der Waals surface area contributed by atoms with Crippen LogP contribution in [0.5, 0.6) is 0 Å². The number of piperazine rings is 1. The van der Waals surface area contributed by atoms with Crippen molar-refractivity contribution < 1.29 is 0 Å². The summed E-state index contributed by atoms with van der Waals surface area (Å²) in [4.78, 5) is 17.6. The maximum absolute atomic E-state index is 6.36. The largest absolute Gasteiger partial charge is 0.367 e. The van der Waals surface area contributed by atoms with Crippen LogP contribution in [0, 0.1) is 6.92 Å². The normalized spacial score (nSPS) is 14.7. The van der Waals surface area contributed by atoms with Crippen LogP contribution >= 0.6 is 23.2 Å². The predicted molar refractivity (Wildman–Crippen MR) is 105 cm³/mol. The van der Waals surface area contributed by atoms with E-state index >= 15 is 0 Å². The molecule has 0 spiro atoms. The summed E-state index contributed by atoms with van der Waals surface area (Å²) in [5.41, 5.74) is 0.983. The van der Waals surface area contributed by atoms with Crippen molar-refractivity contribution in [3.05, 3.63) is 58.9 Å². The molecule has 2 aromatic heterocycles. The lowest BCUT2D eigenvalue weighted by Gasteiger charge is -2.37. The third-order valence-corrected chi connectivity index (χ3v) is 5.40. The summed E-state index contributed by atoms with van der Waals surface area (Å²) in [6, 6.07) is 7.75. The minimum Gasteiger partial charge on any atom is -0.367 e. The fourth-order valence-electron chi connectivity index (χ4n) is 3.18. The maximum Gasteiger partial charge on any atom is 0.143 e. The molecule has 4 rings (SSSR count). The van der Waals surface area contributed by atoms with Gasteiger partial charge in [0, 0.05) is 44.6 Å². The van der Waals surface area contributed by atoms with Crippen molar-refractivity contribution in [3.63, 3.8) is 0 Å². The number of imidazole rings is 1. The summed E-state index contributed by atoms with van der Waals surface area (Å²) in [5.74, 6) is 2.64. The van der Waals surface area contributed by atoms with Gasteiger partial charge in [0.2, 0.25) is 0 Å². The van der Waals surface area contributed by atoms with Gasteiger partial charge < -0.3 is 9.80 Å². The Balaban J connectivity index is 1.50. The Morgan fingerprint density at radius 3 is 2.38 bits per heavy atom. The van der Waals surface area contributed by atoms with Crippen molar-refractivity contribution >= 4 is 34.7 Å². The first-order valence-electron chi connectivity index (χ1n) is 8.40. The van der Waals surface area contributed by atoms with Gasteiger partial charge in [0.1, 0.15) is 23.8 Å². The van der Waals surface area contributed by atoms with Crippen molar-refractivity contribution in [1.82, 2.24) is 19.5 Å². The van der Waals surface area contributed by atoms with Crippen molar-refractivity contribution in [1.29, 1.82) is 0 Å². The molecule has 6 nitrogen and oxygen atoms in total. The molecule has 0 atom stereocenters. The van der Waals surface area contributed by atoms with Gasteiger partial charge in [0.15, 0.2) is 0 Å². The Bertz CT molecular complexity index is 918. The highest BCUT2D eigenvalue weighted by molar-refractivity contribution is 6.43. The van der Waals surface area contributed by atoms with Crippen LogP contribution < -0.4 is 9.80 Å². The monoisotopic (exact) mass is 388 g/mol. The Hall–Kier alpha value is -2.31. The molecule has 1 aliphatic heterocycles. The second-order valence-corrected chi connectivity index (χ2v) is 6.91. The van der Waals surface area contributed by atoms with Crippen LogP contribution in [0.4, 0.5) is 11.5 Å². The van der Waals surface area contributed by atoms with Gasteiger partial charge >= 0.3 is 0 Å². The Morgan fingerprint density at radius 2 is 1.65 bits per heavy atom. The number of anilines is 2. The highest BCUT2D eigenvalue weighted by Crippen LogP contribution is 2.33. The molecule has 0 amide bonds. The van der Waals surface area contributed by atoms with E-state index in [1.165, 1.54) is 0 Å². The summed E-state index contributed by atoms with van der Waals surface area (Å²) in [7, 11) is 0. The lowest BCUT2D eigenvalue weighted by molar-refractivity contribution is 0.646. The number of benzene rings is 1. The van der Waals surface area contributed by atoms with Crippen molar-refractivity contribution in [3.8, 4) is 5.82 Å². The number of hydrogen-bond donors (Lipinski definition) is 0. The van der Waals surface area contributed by atoms with Crippen LogP contribution in [-0.4, -0.2) is 45.7 Å². The van der Waals surface area contributed by atoms with Crippen molar-refractivity contribution in [2.75, 3.05) is 36.0 Å². The number of aryl methyl sites for hydroxylation is 1. The molecular formula is C18H18Cl2N6. The summed E-state index contributed by atoms with van der Waals surface area (Å²) in [6.07, 6.45) is 5.27. The first kappa shape index (κ1) is 17.1. The zero-order valence-corrected chi connectivity index (χ0v) is 15.8. The smallest absolute Gasteiger partial charge is 0.143 e. The first-order valence-corrected chi connectivity index (χ1v) is 9.15. The molecular weight excluding hydrogens is 371 g/mol. The van der Waals surface area contributed by atoms with Gasteiger partial charge in [-0.3, -0.25) is 4.57 Å². The van der Waals surface area contributed by atoms with Gasteiger partial charge in [-0.15, -0.1) is 0 Å². The molecule has 26 heavy (non-hydrogen) atoms. The maximum atomic E-state index is 6.36. The van der Waals surface area contributed by atoms with Crippen LogP contribution in [0.3, 0.4) is 0 Å². The Labute approximate surface area is 162 Å². The molecule has 0 bridgehead atoms. The minimum absolute atomic E-state index is 0.586. The van der Waals surface area contributed by atoms with E-state index in [0.717, 1.165) is 49.3 Å². The van der Waals surface area contributed by atoms with Gasteiger partial charge in [-0.2, -0.15) is 0 Å². The molecule has 3 aromatic rings. The Kier molecular flexibility index (Phi) is 4.70. The van der Waals surface area contributed by atoms with Gasteiger partial charge in [0.25, 0.3) is 0 Å². The van der Waals surface area contributed by atoms with Crippen LogP contribution in [0.1, 0.15) is 5.82 Å². The number of hydrogen-bond acceptors (Lipinski definition) is 5. The molecule has 8 heteroatoms. The molecule has 1 aliphatic rings. The lowest BCUT2D eigenvalue weighted by atomic mass is 10.2. The van der Waals surface area contributed by atoms with Crippen LogP contribution in [0.15, 0.2) is 43.0 Å². The first-order chi connectivity index (χ1) is 12.6. The van der Waals surface area contributed by atoms with Crippen LogP contribution in [0.2, 0.25) is 10.0 Å². The van der Waals surface area contributed by atoms with Crippen LogP contribution in [-0.2, 0) is 0 Å². The van der Waals surface area contributed by atoms with E-state index in [1.807, 2.05) is 42.0 Å². The summed E-state index contributed by atoms with van der Waals surface area (Å²) in [6.45, 7) is 5.35. The summed E-state index contributed by atoms with van der Waals surface area (Å²) in [5, 5.41) is 1.20. The molecule has 0 saturated carbocycles. The highest BCUT2D eigenvalue weighted by atomic mass is 35.5. The number of nitrogens with zero attached hydrogens (tertiary/aromatic N) is 6. The van der Waals surface area contributed by atoms with E-state index < -0.39 is 0 Å². The van der Waals surface area contributed by atoms with E-state index in [0.29, 0.717) is 10.0 Å². The number of aromatic nitrogens is 4. The fraction of sp³-hybridized carbons (Fsp3) is 0.278. The molecule has 134 valence electrons. The molecule has 1 fully saturated rings. The standard InChI is InChI=1S/C18H18Cl2N6/c1-13-21-5-6-26(13)17-11-16(22-12-23-17)25-9-7-24(8-10-25)15-4-2-3-14(19)18(15)20/h2-6,11-12H,7-10H2,1H3. The molecule has 1 aromatic carbocycles. The zero-order chi connectivity index (χ0) is 18.1. The second-order valence-electron chi connectivity index (χ2n) is 6.13. The zero-order valence-electron chi connectivity index (χ0n) is 14.3. The topological polar surface area (TPSA) is 50.1 Å². The summed E-state index contributed by atoms with van der Waals surface area (Å²) >= 11 is 12.5. The predicted octanol–water partition coefficient (Wildman–Crippen LogP) is 3.60. The van der Waals surface area contributed by atoms with E-state index in [2.05, 4.69) is 24.8 Å². The molecule has 1 saturated heterocycles. The van der Waals surface area contributed by atoms with Gasteiger partial charge in [-0.1, -0.05) is 29.3 Å².